The van der Waals surface area contributed by atoms with E-state index in [-0.39, 0.29) is 25.9 Å². The molecule has 1 aliphatic rings. The predicted molar refractivity (Wildman–Crippen MR) is 358 cm³/mol. The summed E-state index contributed by atoms with van der Waals surface area (Å²) in [5, 5.41) is 31.7. The van der Waals surface area contributed by atoms with Crippen LogP contribution in [0, 0.1) is 0 Å². The van der Waals surface area contributed by atoms with Crippen molar-refractivity contribution in [3.63, 3.8) is 0 Å². The van der Waals surface area contributed by atoms with Gasteiger partial charge in [0.05, 0.1) is 6.61 Å². The van der Waals surface area contributed by atoms with E-state index in [4.69, 9.17) is 23.7 Å². The Balaban J connectivity index is 2.69. The van der Waals surface area contributed by atoms with Crippen LogP contribution in [-0.4, -0.2) is 89.2 Å². The lowest BCUT2D eigenvalue weighted by Crippen LogP contribution is -2.61. The molecule has 87 heavy (non-hydrogen) atoms. The van der Waals surface area contributed by atoms with Crippen LogP contribution in [0.1, 0.15) is 265 Å². The molecule has 1 saturated heterocycles. The topological polar surface area (TPSA) is 175 Å². The van der Waals surface area contributed by atoms with Gasteiger partial charge in [-0.2, -0.15) is 0 Å². The molecule has 12 nitrogen and oxygen atoms in total. The van der Waals surface area contributed by atoms with E-state index in [0.29, 0.717) is 19.3 Å². The Morgan fingerprint density at radius 2 is 0.724 bits per heavy atom. The second-order valence-electron chi connectivity index (χ2n) is 22.7. The van der Waals surface area contributed by atoms with Gasteiger partial charge in [0.2, 0.25) is 0 Å². The Morgan fingerprint density at radius 1 is 0.391 bits per heavy atom. The molecule has 1 aliphatic heterocycles. The van der Waals surface area contributed by atoms with Gasteiger partial charge in [-0.15, -0.1) is 0 Å². The summed E-state index contributed by atoms with van der Waals surface area (Å²) >= 11 is 0. The highest BCUT2D eigenvalue weighted by Crippen LogP contribution is 2.26. The van der Waals surface area contributed by atoms with E-state index in [1.807, 2.05) is 0 Å². The maximum absolute atomic E-state index is 13.2. The fourth-order valence-electron chi connectivity index (χ4n) is 9.53. The van der Waals surface area contributed by atoms with Crippen LogP contribution < -0.4 is 0 Å². The molecule has 492 valence electrons. The Kier molecular flexibility index (Phi) is 56.1. The minimum atomic E-state index is -1.92. The highest BCUT2D eigenvalue weighted by molar-refractivity contribution is 5.74. The molecule has 0 aliphatic carbocycles. The minimum Gasteiger partial charge on any atom is -0.479 e. The number of unbranched alkanes of at least 4 members (excludes halogenated alkanes) is 21. The molecule has 0 spiro atoms. The summed E-state index contributed by atoms with van der Waals surface area (Å²) in [5.74, 6) is -3.18. The van der Waals surface area contributed by atoms with Gasteiger partial charge in [-0.25, -0.2) is 4.79 Å². The number of aliphatic hydroxyl groups is 2. The molecule has 12 heteroatoms. The molecule has 1 heterocycles. The van der Waals surface area contributed by atoms with Crippen LogP contribution in [0.5, 0.6) is 0 Å². The third kappa shape index (κ3) is 50.4. The van der Waals surface area contributed by atoms with E-state index in [1.54, 1.807) is 0 Å². The van der Waals surface area contributed by atoms with Gasteiger partial charge in [0.1, 0.15) is 18.8 Å². The van der Waals surface area contributed by atoms with Crippen molar-refractivity contribution < 1.29 is 58.2 Å². The lowest BCUT2D eigenvalue weighted by atomic mass is 9.98. The summed E-state index contributed by atoms with van der Waals surface area (Å²) in [6.07, 6.45) is 73.9. The van der Waals surface area contributed by atoms with Crippen molar-refractivity contribution >= 4 is 23.9 Å². The lowest BCUT2D eigenvalue weighted by molar-refractivity contribution is -0.301. The van der Waals surface area contributed by atoms with Crippen LogP contribution in [0.25, 0.3) is 0 Å². The van der Waals surface area contributed by atoms with Crippen LogP contribution in [0.4, 0.5) is 0 Å². The summed E-state index contributed by atoms with van der Waals surface area (Å²) in [5.41, 5.74) is 0. The molecule has 0 aromatic carbocycles. The second-order valence-corrected chi connectivity index (χ2v) is 22.7. The van der Waals surface area contributed by atoms with Crippen molar-refractivity contribution in [2.45, 2.75) is 302 Å². The molecule has 0 amide bonds. The standard InChI is InChI=1S/C75H120O12/c1-4-7-10-13-16-19-22-25-28-31-34-37-40-43-46-49-52-55-58-61-67(76)83-64-66(85-68(77)62-59-56-53-50-47-44-41-38-35-32-29-26-23-20-17-14-11-8-5-2)65-84-75-73(71(80)70(79)72(87-75)74(81)82)86-69(78)63-60-57-54-51-48-45-42-39-36-33-30-27-24-21-18-15-12-9-6-3/h7,9-10,12,16-21,25-30,34-39,66,70-73,75,79-80H,4-6,8,11,13-15,22-24,31-33,40-65H2,1-3H3,(H,81,82)/b10-7-,12-9-,19-16-,20-17-,21-18-,28-25-,29-26-,30-27-,37-34-,38-35-,39-36-. The maximum Gasteiger partial charge on any atom is 0.335 e. The first-order valence-corrected chi connectivity index (χ1v) is 34.2. The quantitative estimate of drug-likeness (QED) is 0.0228. The van der Waals surface area contributed by atoms with E-state index >= 15 is 0 Å². The number of rotatable bonds is 57. The van der Waals surface area contributed by atoms with Gasteiger partial charge in [0.25, 0.3) is 0 Å². The molecular formula is C75H120O12. The second kappa shape index (κ2) is 61.1. The molecule has 3 N–H and O–H groups in total. The van der Waals surface area contributed by atoms with Crippen molar-refractivity contribution in [2.24, 2.45) is 0 Å². The zero-order chi connectivity index (χ0) is 63.1. The van der Waals surface area contributed by atoms with Gasteiger partial charge in [-0.1, -0.05) is 244 Å². The number of hydrogen-bond donors (Lipinski definition) is 3. The van der Waals surface area contributed by atoms with Gasteiger partial charge >= 0.3 is 23.9 Å². The number of ether oxygens (including phenoxy) is 5. The van der Waals surface area contributed by atoms with E-state index in [0.717, 1.165) is 180 Å². The fraction of sp³-hybridized carbons (Fsp3) is 0.653. The molecule has 6 atom stereocenters. The van der Waals surface area contributed by atoms with Crippen molar-refractivity contribution in [3.8, 4) is 0 Å². The molecule has 1 rings (SSSR count). The predicted octanol–water partition coefficient (Wildman–Crippen LogP) is 18.9. The van der Waals surface area contributed by atoms with Crippen molar-refractivity contribution in [3.05, 3.63) is 134 Å². The molecule has 0 bridgehead atoms. The van der Waals surface area contributed by atoms with Crippen LogP contribution in [0.15, 0.2) is 134 Å². The van der Waals surface area contributed by atoms with Crippen LogP contribution in [0.2, 0.25) is 0 Å². The third-order valence-electron chi connectivity index (χ3n) is 14.7. The zero-order valence-electron chi connectivity index (χ0n) is 54.5. The van der Waals surface area contributed by atoms with Gasteiger partial charge in [0.15, 0.2) is 24.6 Å². The molecular weight excluding hydrogens is 1090 g/mol. The zero-order valence-corrected chi connectivity index (χ0v) is 54.5. The Labute approximate surface area is 528 Å². The number of aliphatic hydroxyl groups excluding tert-OH is 2. The minimum absolute atomic E-state index is 0.0342. The average molecular weight is 1210 g/mol. The monoisotopic (exact) mass is 1210 g/mol. The molecule has 6 unspecified atom stereocenters. The number of carboxylic acid groups (broad SMARTS) is 1. The van der Waals surface area contributed by atoms with Crippen LogP contribution >= 0.6 is 0 Å². The van der Waals surface area contributed by atoms with Crippen LogP contribution in [0.3, 0.4) is 0 Å². The van der Waals surface area contributed by atoms with E-state index in [1.165, 1.54) is 25.7 Å². The van der Waals surface area contributed by atoms with E-state index < -0.39 is 67.3 Å². The number of hydrogen-bond acceptors (Lipinski definition) is 11. The van der Waals surface area contributed by atoms with E-state index in [9.17, 15) is 34.5 Å². The highest BCUT2D eigenvalue weighted by Gasteiger charge is 2.50. The average Bonchev–Trinajstić information content (AvgIpc) is 2.56. The van der Waals surface area contributed by atoms with Gasteiger partial charge in [0, 0.05) is 19.3 Å². The smallest absolute Gasteiger partial charge is 0.335 e. The number of aliphatic carboxylic acids is 1. The van der Waals surface area contributed by atoms with Gasteiger partial charge in [-0.3, -0.25) is 14.4 Å². The first kappa shape index (κ1) is 79.9. The number of carbonyl (C=O) groups is 4. The summed E-state index contributed by atoms with van der Waals surface area (Å²) in [6.45, 7) is 5.73. The summed E-state index contributed by atoms with van der Waals surface area (Å²) in [7, 11) is 0. The Bertz CT molecular complexity index is 2020. The summed E-state index contributed by atoms with van der Waals surface area (Å²) in [4.78, 5) is 51.5. The number of allylic oxidation sites excluding steroid dienone is 22. The molecule has 0 aromatic rings. The van der Waals surface area contributed by atoms with E-state index in [2.05, 4.69) is 154 Å². The summed E-state index contributed by atoms with van der Waals surface area (Å²) < 4.78 is 28.6. The molecule has 1 fully saturated rings. The lowest BCUT2D eigenvalue weighted by Gasteiger charge is -2.40. The number of esters is 3. The SMILES string of the molecule is CC/C=C\C/C=C\C/C=C\C/C=C\CCCCCCCCC(=O)OCC(COC1OC(C(=O)O)C(O)C(O)C1OC(=O)CCCCCCCC/C=C\C/C=C\C/C=C\C/C=C\CC)OC(=O)CCCCCCCC/C=C\C/C=C\C/C=C\CCCCC. The number of carbonyl (C=O) groups excluding carboxylic acids is 3. The van der Waals surface area contributed by atoms with Crippen molar-refractivity contribution in [1.29, 1.82) is 0 Å². The fourth-order valence-corrected chi connectivity index (χ4v) is 9.53. The molecule has 0 saturated carbocycles. The largest absolute Gasteiger partial charge is 0.479 e. The molecule has 0 aromatic heterocycles. The van der Waals surface area contributed by atoms with Crippen molar-refractivity contribution in [2.75, 3.05) is 13.2 Å². The molecule has 0 radical (unpaired) electrons. The summed E-state index contributed by atoms with van der Waals surface area (Å²) in [6, 6.07) is 0. The maximum atomic E-state index is 13.2. The van der Waals surface area contributed by atoms with Crippen LogP contribution in [-0.2, 0) is 42.9 Å². The van der Waals surface area contributed by atoms with Gasteiger partial charge < -0.3 is 39.0 Å². The Morgan fingerprint density at radius 3 is 1.10 bits per heavy atom. The van der Waals surface area contributed by atoms with Crippen molar-refractivity contribution in [1.82, 2.24) is 0 Å². The third-order valence-corrected chi connectivity index (χ3v) is 14.7. The van der Waals surface area contributed by atoms with Gasteiger partial charge in [-0.05, 0) is 135 Å². The first-order chi connectivity index (χ1) is 42.6. The Hall–Kier alpha value is -5.14. The first-order valence-electron chi connectivity index (χ1n) is 34.2. The highest BCUT2D eigenvalue weighted by atomic mass is 16.7. The number of carboxylic acids is 1. The normalized spacial score (nSPS) is 18.2.